The second-order valence-electron chi connectivity index (χ2n) is 4.18. The molecule has 2 rings (SSSR count). The SMILES string of the molecule is Cc1cc(O[C@@H]2CCNC2)c(Br)c(C)c1Cl. The number of hydrogen-bond acceptors (Lipinski definition) is 2. The second-order valence-corrected chi connectivity index (χ2v) is 5.35. The van der Waals surface area contributed by atoms with E-state index in [-0.39, 0.29) is 6.10 Å². The van der Waals surface area contributed by atoms with E-state index in [4.69, 9.17) is 16.3 Å². The van der Waals surface area contributed by atoms with Gasteiger partial charge in [0.2, 0.25) is 0 Å². The molecule has 1 aromatic rings. The van der Waals surface area contributed by atoms with Gasteiger partial charge in [0.1, 0.15) is 11.9 Å². The molecule has 0 spiro atoms. The minimum absolute atomic E-state index is 0.274. The van der Waals surface area contributed by atoms with Gasteiger partial charge in [-0.3, -0.25) is 0 Å². The molecule has 88 valence electrons. The molecule has 0 radical (unpaired) electrons. The highest BCUT2D eigenvalue weighted by molar-refractivity contribution is 9.10. The van der Waals surface area contributed by atoms with Gasteiger partial charge in [-0.2, -0.15) is 0 Å². The maximum absolute atomic E-state index is 6.17. The summed E-state index contributed by atoms with van der Waals surface area (Å²) in [6, 6.07) is 2.00. The molecule has 1 N–H and O–H groups in total. The monoisotopic (exact) mass is 303 g/mol. The van der Waals surface area contributed by atoms with Crippen molar-refractivity contribution in [2.24, 2.45) is 0 Å². The Balaban J connectivity index is 2.26. The molecule has 1 aromatic carbocycles. The summed E-state index contributed by atoms with van der Waals surface area (Å²) in [5.41, 5.74) is 2.10. The first-order chi connectivity index (χ1) is 7.59. The van der Waals surface area contributed by atoms with Gasteiger partial charge < -0.3 is 10.1 Å². The normalized spacial score (nSPS) is 20.1. The molecule has 1 fully saturated rings. The third kappa shape index (κ3) is 2.36. The van der Waals surface area contributed by atoms with E-state index < -0.39 is 0 Å². The number of hydrogen-bond donors (Lipinski definition) is 1. The van der Waals surface area contributed by atoms with Gasteiger partial charge in [-0.15, -0.1) is 0 Å². The molecule has 0 saturated carbocycles. The maximum Gasteiger partial charge on any atom is 0.134 e. The summed E-state index contributed by atoms with van der Waals surface area (Å²) in [5, 5.41) is 4.10. The van der Waals surface area contributed by atoms with Crippen molar-refractivity contribution < 1.29 is 4.74 Å². The number of ether oxygens (including phenoxy) is 1. The smallest absolute Gasteiger partial charge is 0.134 e. The highest BCUT2D eigenvalue weighted by Crippen LogP contribution is 2.36. The number of benzene rings is 1. The zero-order valence-corrected chi connectivity index (χ0v) is 11.8. The minimum atomic E-state index is 0.274. The van der Waals surface area contributed by atoms with E-state index in [1.807, 2.05) is 19.9 Å². The van der Waals surface area contributed by atoms with Crippen LogP contribution >= 0.6 is 27.5 Å². The summed E-state index contributed by atoms with van der Waals surface area (Å²) in [4.78, 5) is 0. The Bertz CT molecular complexity index is 402. The van der Waals surface area contributed by atoms with Crippen molar-refractivity contribution in [3.8, 4) is 5.75 Å². The van der Waals surface area contributed by atoms with E-state index in [1.165, 1.54) is 0 Å². The first kappa shape index (κ1) is 12.2. The van der Waals surface area contributed by atoms with Crippen LogP contribution in [0.15, 0.2) is 10.5 Å². The Morgan fingerprint density at radius 2 is 2.25 bits per heavy atom. The largest absolute Gasteiger partial charge is 0.488 e. The van der Waals surface area contributed by atoms with Crippen LogP contribution in [0.4, 0.5) is 0 Å². The molecule has 0 unspecified atom stereocenters. The third-order valence-electron chi connectivity index (χ3n) is 2.88. The summed E-state index contributed by atoms with van der Waals surface area (Å²) in [6.45, 7) is 5.96. The Morgan fingerprint density at radius 1 is 1.50 bits per heavy atom. The first-order valence-electron chi connectivity index (χ1n) is 5.42. The zero-order chi connectivity index (χ0) is 11.7. The maximum atomic E-state index is 6.17. The summed E-state index contributed by atoms with van der Waals surface area (Å²) in [7, 11) is 0. The van der Waals surface area contributed by atoms with E-state index in [0.29, 0.717) is 0 Å². The van der Waals surface area contributed by atoms with Gasteiger partial charge in [0.25, 0.3) is 0 Å². The van der Waals surface area contributed by atoms with Gasteiger partial charge in [0, 0.05) is 11.6 Å². The molecule has 1 saturated heterocycles. The first-order valence-corrected chi connectivity index (χ1v) is 6.59. The summed E-state index contributed by atoms with van der Waals surface area (Å²) < 4.78 is 6.92. The predicted octanol–water partition coefficient (Wildman–Crippen LogP) is 3.46. The summed E-state index contributed by atoms with van der Waals surface area (Å²) in [6.07, 6.45) is 1.34. The van der Waals surface area contributed by atoms with Crippen LogP contribution in [0.1, 0.15) is 17.5 Å². The molecule has 1 aliphatic rings. The van der Waals surface area contributed by atoms with Crippen molar-refractivity contribution in [1.82, 2.24) is 5.32 Å². The van der Waals surface area contributed by atoms with E-state index >= 15 is 0 Å². The Kier molecular flexibility index (Phi) is 3.77. The molecule has 0 amide bonds. The third-order valence-corrected chi connectivity index (χ3v) is 4.44. The van der Waals surface area contributed by atoms with Crippen LogP contribution in [0, 0.1) is 13.8 Å². The number of rotatable bonds is 2. The van der Waals surface area contributed by atoms with E-state index in [1.54, 1.807) is 0 Å². The summed E-state index contributed by atoms with van der Waals surface area (Å²) in [5.74, 6) is 0.896. The average Bonchev–Trinajstić information content (AvgIpc) is 2.76. The molecule has 1 heterocycles. The van der Waals surface area contributed by atoms with Gasteiger partial charge in [-0.05, 0) is 59.9 Å². The minimum Gasteiger partial charge on any atom is -0.488 e. The van der Waals surface area contributed by atoms with Crippen LogP contribution < -0.4 is 10.1 Å². The molecular weight excluding hydrogens is 289 g/mol. The van der Waals surface area contributed by atoms with E-state index in [0.717, 1.165) is 45.9 Å². The molecule has 1 atom stereocenters. The van der Waals surface area contributed by atoms with Crippen molar-refractivity contribution in [3.63, 3.8) is 0 Å². The van der Waals surface area contributed by atoms with Gasteiger partial charge >= 0.3 is 0 Å². The van der Waals surface area contributed by atoms with Crippen LogP contribution in [0.3, 0.4) is 0 Å². The average molecular weight is 305 g/mol. The standard InChI is InChI=1S/C12H15BrClNO/c1-7-5-10(11(13)8(2)12(7)14)16-9-3-4-15-6-9/h5,9,15H,3-4,6H2,1-2H3/t9-/m1/s1. The number of halogens is 2. The van der Waals surface area contributed by atoms with Crippen molar-refractivity contribution in [3.05, 3.63) is 26.7 Å². The predicted molar refractivity (Wildman–Crippen MR) is 70.5 cm³/mol. The molecule has 2 nitrogen and oxygen atoms in total. The van der Waals surface area contributed by atoms with Crippen LogP contribution in [0.25, 0.3) is 0 Å². The Morgan fingerprint density at radius 3 is 2.88 bits per heavy atom. The van der Waals surface area contributed by atoms with Crippen LogP contribution in [-0.4, -0.2) is 19.2 Å². The molecular formula is C12H15BrClNO. The molecule has 0 aromatic heterocycles. The number of aryl methyl sites for hydroxylation is 1. The number of nitrogens with one attached hydrogen (secondary N) is 1. The Hall–Kier alpha value is -0.250. The lowest BCUT2D eigenvalue weighted by molar-refractivity contribution is 0.221. The van der Waals surface area contributed by atoms with Gasteiger partial charge in [0.05, 0.1) is 4.47 Å². The highest BCUT2D eigenvalue weighted by Gasteiger charge is 2.19. The van der Waals surface area contributed by atoms with Crippen LogP contribution in [-0.2, 0) is 0 Å². The molecule has 0 bridgehead atoms. The lowest BCUT2D eigenvalue weighted by Gasteiger charge is -2.17. The van der Waals surface area contributed by atoms with Crippen molar-refractivity contribution >= 4 is 27.5 Å². The fraction of sp³-hybridized carbons (Fsp3) is 0.500. The fourth-order valence-corrected chi connectivity index (χ4v) is 2.56. The lowest BCUT2D eigenvalue weighted by atomic mass is 10.1. The zero-order valence-electron chi connectivity index (χ0n) is 9.44. The summed E-state index contributed by atoms with van der Waals surface area (Å²) >= 11 is 9.72. The molecule has 16 heavy (non-hydrogen) atoms. The van der Waals surface area contributed by atoms with Crippen molar-refractivity contribution in [1.29, 1.82) is 0 Å². The van der Waals surface area contributed by atoms with Crippen molar-refractivity contribution in [2.75, 3.05) is 13.1 Å². The fourth-order valence-electron chi connectivity index (χ4n) is 1.89. The van der Waals surface area contributed by atoms with Crippen LogP contribution in [0.2, 0.25) is 5.02 Å². The highest BCUT2D eigenvalue weighted by atomic mass is 79.9. The van der Waals surface area contributed by atoms with Gasteiger partial charge in [0.15, 0.2) is 0 Å². The lowest BCUT2D eigenvalue weighted by Crippen LogP contribution is -2.19. The van der Waals surface area contributed by atoms with Gasteiger partial charge in [-0.25, -0.2) is 0 Å². The van der Waals surface area contributed by atoms with E-state index in [2.05, 4.69) is 21.2 Å². The molecule has 1 aliphatic heterocycles. The van der Waals surface area contributed by atoms with E-state index in [9.17, 15) is 0 Å². The molecule has 0 aliphatic carbocycles. The second kappa shape index (κ2) is 4.94. The van der Waals surface area contributed by atoms with Gasteiger partial charge in [-0.1, -0.05) is 11.6 Å². The molecule has 4 heteroatoms. The van der Waals surface area contributed by atoms with Crippen molar-refractivity contribution in [2.45, 2.75) is 26.4 Å². The quantitative estimate of drug-likeness (QED) is 0.903. The Labute approximate surface area is 109 Å². The topological polar surface area (TPSA) is 21.3 Å². The van der Waals surface area contributed by atoms with Crippen LogP contribution in [0.5, 0.6) is 5.75 Å².